The maximum Gasteiger partial charge on any atom is 0.264 e. The molecule has 2 saturated heterocycles. The second kappa shape index (κ2) is 14.3. The van der Waals surface area contributed by atoms with Crippen molar-refractivity contribution >= 4 is 33.2 Å². The van der Waals surface area contributed by atoms with Gasteiger partial charge >= 0.3 is 0 Å². The highest BCUT2D eigenvalue weighted by atomic mass is 35.5. The highest BCUT2D eigenvalue weighted by molar-refractivity contribution is 7.90. The molecule has 284 valence electrons. The third-order valence-electron chi connectivity index (χ3n) is 13.7. The molecule has 2 aromatic carbocycles. The van der Waals surface area contributed by atoms with Crippen LogP contribution in [0.3, 0.4) is 0 Å². The number of hydrogen-bond donors (Lipinski definition) is 2. The molecule has 10 nitrogen and oxygen atoms in total. The number of hydrogen-bond acceptors (Lipinski definition) is 9. The summed E-state index contributed by atoms with van der Waals surface area (Å²) in [7, 11) is -3.95. The summed E-state index contributed by atoms with van der Waals surface area (Å²) in [4.78, 5) is 21.0. The molecule has 0 radical (unpaired) electrons. The van der Waals surface area contributed by atoms with E-state index in [1.54, 1.807) is 13.0 Å². The highest BCUT2D eigenvalue weighted by Crippen LogP contribution is 2.49. The number of aryl methyl sites for hydroxylation is 1. The van der Waals surface area contributed by atoms with Crippen molar-refractivity contribution in [3.63, 3.8) is 0 Å². The Morgan fingerprint density at radius 2 is 1.88 bits per heavy atom. The fourth-order valence-corrected chi connectivity index (χ4v) is 11.8. The average Bonchev–Trinajstić information content (AvgIpc) is 3.25. The van der Waals surface area contributed by atoms with E-state index in [0.29, 0.717) is 56.3 Å². The Bertz CT molecular complexity index is 1780. The number of amides is 1. The second-order valence-corrected chi connectivity index (χ2v) is 19.4. The first-order valence-electron chi connectivity index (χ1n) is 19.6. The number of carbonyl (C=O) groups is 1. The Kier molecular flexibility index (Phi) is 10.1. The Hall–Kier alpha value is -2.41. The van der Waals surface area contributed by atoms with Gasteiger partial charge in [-0.3, -0.25) is 14.6 Å². The van der Waals surface area contributed by atoms with Crippen LogP contribution in [0, 0.1) is 17.8 Å². The van der Waals surface area contributed by atoms with Gasteiger partial charge in [0.25, 0.3) is 5.91 Å². The Morgan fingerprint density at radius 3 is 2.71 bits per heavy atom. The maximum atomic E-state index is 13.6. The standard InChI is InChI=1S/C40H55ClN4O6S/c1-27-5-3-14-40(47,25-43-15-16-44-17-18-50-23-33(44)22-43)35-10-7-31(35)21-45-24-39(13-4-6-29-19-32(41)9-11-34(29)39)26-51-37-12-8-30(20-36(37)45)38(46)42-52(48,49)28(27)2/h8-9,11-12,19-20,27-28,31,33,35,47H,3-7,10,13-18,21-26H2,1-2H3,(H,42,46)/t27-,28+,31-,33-,35+,39-,40+/m0/s1. The lowest BCUT2D eigenvalue weighted by Gasteiger charge is -2.53. The minimum Gasteiger partial charge on any atom is -0.490 e. The predicted octanol–water partition coefficient (Wildman–Crippen LogP) is 4.85. The monoisotopic (exact) mass is 754 g/mol. The van der Waals surface area contributed by atoms with Crippen LogP contribution in [0.4, 0.5) is 5.69 Å². The fourth-order valence-electron chi connectivity index (χ4n) is 10.3. The Balaban J connectivity index is 1.16. The molecule has 4 heterocycles. The quantitative estimate of drug-likeness (QED) is 0.445. The lowest BCUT2D eigenvalue weighted by atomic mass is 9.62. The van der Waals surface area contributed by atoms with Crippen LogP contribution < -0.4 is 14.4 Å². The van der Waals surface area contributed by atoms with E-state index in [9.17, 15) is 18.3 Å². The van der Waals surface area contributed by atoms with Crippen molar-refractivity contribution in [1.82, 2.24) is 14.5 Å². The van der Waals surface area contributed by atoms with Crippen molar-refractivity contribution in [2.24, 2.45) is 17.8 Å². The van der Waals surface area contributed by atoms with Gasteiger partial charge in [-0.25, -0.2) is 13.1 Å². The van der Waals surface area contributed by atoms with Gasteiger partial charge in [-0.15, -0.1) is 0 Å². The minimum absolute atomic E-state index is 0.102. The van der Waals surface area contributed by atoms with E-state index >= 15 is 0 Å². The Labute approximate surface area is 314 Å². The second-order valence-electron chi connectivity index (χ2n) is 16.9. The topological polar surface area (TPSA) is 112 Å². The summed E-state index contributed by atoms with van der Waals surface area (Å²) < 4.78 is 42.1. The molecule has 2 aromatic rings. The molecule has 4 aliphatic heterocycles. The zero-order chi connectivity index (χ0) is 36.3. The van der Waals surface area contributed by atoms with Crippen LogP contribution in [0.1, 0.15) is 80.3 Å². The summed E-state index contributed by atoms with van der Waals surface area (Å²) in [5, 5.41) is 12.9. The number of ether oxygens (including phenoxy) is 2. The summed E-state index contributed by atoms with van der Waals surface area (Å²) in [6.45, 7) is 11.4. The first-order valence-corrected chi connectivity index (χ1v) is 21.5. The van der Waals surface area contributed by atoms with Crippen molar-refractivity contribution in [2.75, 3.05) is 70.5 Å². The number of piperazine rings is 1. The molecule has 1 amide bonds. The van der Waals surface area contributed by atoms with E-state index in [1.807, 2.05) is 25.1 Å². The van der Waals surface area contributed by atoms with Gasteiger partial charge < -0.3 is 19.5 Å². The normalized spacial score (nSPS) is 35.6. The molecule has 0 aromatic heterocycles. The minimum atomic E-state index is -3.95. The first kappa shape index (κ1) is 36.6. The lowest BCUT2D eigenvalue weighted by Crippen LogP contribution is -2.62. The number of β-amino-alcohol motifs (C(OH)–C–C–N with tert-alkyl or cyclic N) is 1. The van der Waals surface area contributed by atoms with Gasteiger partial charge in [0.05, 0.1) is 36.4 Å². The number of carbonyl (C=O) groups excluding carboxylic acids is 1. The zero-order valence-electron chi connectivity index (χ0n) is 30.7. The van der Waals surface area contributed by atoms with Crippen molar-refractivity contribution in [2.45, 2.75) is 87.5 Å². The van der Waals surface area contributed by atoms with E-state index in [1.165, 1.54) is 11.1 Å². The van der Waals surface area contributed by atoms with Crippen LogP contribution in [-0.2, 0) is 26.6 Å². The Morgan fingerprint density at radius 1 is 1.02 bits per heavy atom. The summed E-state index contributed by atoms with van der Waals surface area (Å²) in [6.07, 6.45) is 6.91. The molecular formula is C40H55ClN4O6S. The van der Waals surface area contributed by atoms with Crippen molar-refractivity contribution in [1.29, 1.82) is 0 Å². The van der Waals surface area contributed by atoms with Crippen LogP contribution in [0.25, 0.3) is 0 Å². The first-order chi connectivity index (χ1) is 24.9. The molecule has 3 fully saturated rings. The number of sulfonamides is 1. The van der Waals surface area contributed by atoms with Gasteiger partial charge in [0.1, 0.15) is 5.75 Å². The van der Waals surface area contributed by atoms with Crippen LogP contribution >= 0.6 is 11.6 Å². The summed E-state index contributed by atoms with van der Waals surface area (Å²) in [5.41, 5.74) is 2.43. The van der Waals surface area contributed by atoms with Gasteiger partial charge in [0.15, 0.2) is 0 Å². The number of anilines is 1. The number of aliphatic hydroxyl groups is 1. The third-order valence-corrected chi connectivity index (χ3v) is 15.8. The number of nitrogens with zero attached hydrogens (tertiary/aromatic N) is 3. The van der Waals surface area contributed by atoms with Gasteiger partial charge in [-0.05, 0) is 111 Å². The maximum absolute atomic E-state index is 13.6. The van der Waals surface area contributed by atoms with E-state index in [-0.39, 0.29) is 23.2 Å². The molecule has 2 aliphatic carbocycles. The number of nitrogens with one attached hydrogen (secondary N) is 1. The molecule has 0 unspecified atom stereocenters. The molecule has 2 N–H and O–H groups in total. The zero-order valence-corrected chi connectivity index (χ0v) is 32.3. The molecule has 12 heteroatoms. The number of halogens is 1. The fraction of sp³-hybridized carbons (Fsp3) is 0.675. The smallest absolute Gasteiger partial charge is 0.264 e. The molecule has 7 atom stereocenters. The molecule has 52 heavy (non-hydrogen) atoms. The van der Waals surface area contributed by atoms with Gasteiger partial charge in [0.2, 0.25) is 10.0 Å². The molecule has 8 rings (SSSR count). The summed E-state index contributed by atoms with van der Waals surface area (Å²) >= 11 is 6.49. The van der Waals surface area contributed by atoms with E-state index in [2.05, 4.69) is 31.6 Å². The average molecular weight is 755 g/mol. The molecule has 1 saturated carbocycles. The summed E-state index contributed by atoms with van der Waals surface area (Å²) in [6, 6.07) is 11.9. The largest absolute Gasteiger partial charge is 0.490 e. The lowest BCUT2D eigenvalue weighted by molar-refractivity contribution is -0.120. The van der Waals surface area contributed by atoms with Gasteiger partial charge in [0, 0.05) is 67.9 Å². The predicted molar refractivity (Wildman–Crippen MR) is 203 cm³/mol. The van der Waals surface area contributed by atoms with Gasteiger partial charge in [-0.2, -0.15) is 0 Å². The molecule has 6 aliphatic rings. The van der Waals surface area contributed by atoms with Gasteiger partial charge in [-0.1, -0.05) is 31.0 Å². The van der Waals surface area contributed by atoms with E-state index in [0.717, 1.165) is 88.8 Å². The van der Waals surface area contributed by atoms with E-state index in [4.69, 9.17) is 21.1 Å². The highest BCUT2D eigenvalue weighted by Gasteiger charge is 2.50. The van der Waals surface area contributed by atoms with Crippen LogP contribution in [0.2, 0.25) is 5.02 Å². The molecular weight excluding hydrogens is 700 g/mol. The van der Waals surface area contributed by atoms with Crippen LogP contribution in [-0.4, -0.2) is 112 Å². The number of morpholine rings is 1. The van der Waals surface area contributed by atoms with Crippen molar-refractivity contribution in [3.8, 4) is 5.75 Å². The molecule has 1 spiro atoms. The van der Waals surface area contributed by atoms with E-state index < -0.39 is 26.8 Å². The molecule has 2 bridgehead atoms. The number of benzene rings is 2. The third kappa shape index (κ3) is 6.99. The number of fused-ring (bicyclic) bond motifs is 5. The van der Waals surface area contributed by atoms with Crippen molar-refractivity contribution in [3.05, 3.63) is 58.1 Å². The van der Waals surface area contributed by atoms with Crippen molar-refractivity contribution < 1.29 is 27.8 Å². The number of rotatable bonds is 2. The van der Waals surface area contributed by atoms with Crippen LogP contribution in [0.15, 0.2) is 36.4 Å². The SMILES string of the molecule is C[C@@H]1[C@@H](C)CCC[C@@](O)(CN2CCN3CCOC[C@@H]3C2)[C@@H]2CC[C@H]2CN2C[C@@]3(CCCc4cc(Cl)ccc43)COc3ccc(cc32)C(=O)NS1(=O)=O. The summed E-state index contributed by atoms with van der Waals surface area (Å²) in [5.74, 6) is 0.236. The van der Waals surface area contributed by atoms with Crippen LogP contribution in [0.5, 0.6) is 5.75 Å².